The van der Waals surface area contributed by atoms with Gasteiger partial charge in [0.25, 0.3) is 5.91 Å². The summed E-state index contributed by atoms with van der Waals surface area (Å²) in [5, 5.41) is 5.76. The highest BCUT2D eigenvalue weighted by atomic mass is 16.2. The zero-order valence-electron chi connectivity index (χ0n) is 13.8. The molecule has 0 aliphatic carbocycles. The number of imide groups is 1. The van der Waals surface area contributed by atoms with Gasteiger partial charge in [0, 0.05) is 50.2 Å². The van der Waals surface area contributed by atoms with Crippen LogP contribution in [0.25, 0.3) is 0 Å². The second-order valence-corrected chi connectivity index (χ2v) is 7.42. The highest BCUT2D eigenvalue weighted by Gasteiger charge is 2.45. The third kappa shape index (κ3) is 2.46. The summed E-state index contributed by atoms with van der Waals surface area (Å²) >= 11 is 0. The number of piperazine rings is 1. The Kier molecular flexibility index (Phi) is 3.23. The molecule has 7 heteroatoms. The second kappa shape index (κ2) is 5.37. The topological polar surface area (TPSA) is 91.7 Å². The van der Waals surface area contributed by atoms with E-state index in [1.807, 2.05) is 18.2 Å². The summed E-state index contributed by atoms with van der Waals surface area (Å²) in [5.41, 5.74) is 2.77. The highest BCUT2D eigenvalue weighted by molar-refractivity contribution is 6.05. The van der Waals surface area contributed by atoms with Crippen LogP contribution in [0.4, 0.5) is 0 Å². The number of rotatable bonds is 3. The van der Waals surface area contributed by atoms with Crippen molar-refractivity contribution in [2.45, 2.75) is 44.1 Å². The first-order valence-corrected chi connectivity index (χ1v) is 8.84. The maximum Gasteiger partial charge on any atom is 0.255 e. The maximum absolute atomic E-state index is 13.0. The van der Waals surface area contributed by atoms with Gasteiger partial charge in [0.15, 0.2) is 0 Å². The molecule has 1 unspecified atom stereocenters. The summed E-state index contributed by atoms with van der Waals surface area (Å²) in [4.78, 5) is 40.5. The molecule has 4 aliphatic heterocycles. The normalized spacial score (nSPS) is 31.1. The zero-order valence-corrected chi connectivity index (χ0v) is 13.8. The van der Waals surface area contributed by atoms with Crippen LogP contribution in [0.2, 0.25) is 0 Å². The van der Waals surface area contributed by atoms with Crippen LogP contribution in [0, 0.1) is 0 Å². The maximum atomic E-state index is 13.0. The minimum Gasteiger partial charge on any atom is -0.322 e. The lowest BCUT2D eigenvalue weighted by Gasteiger charge is -2.29. The van der Waals surface area contributed by atoms with E-state index >= 15 is 0 Å². The number of carbonyl (C=O) groups excluding carboxylic acids is 3. The number of likely N-dealkylation sites (tertiary alicyclic amines) is 1. The molecule has 0 aromatic heterocycles. The van der Waals surface area contributed by atoms with Gasteiger partial charge in [-0.2, -0.15) is 0 Å². The number of hydrogen-bond acceptors (Lipinski definition) is 5. The molecule has 5 rings (SSSR count). The zero-order chi connectivity index (χ0) is 17.1. The van der Waals surface area contributed by atoms with Crippen molar-refractivity contribution in [3.05, 3.63) is 34.9 Å². The van der Waals surface area contributed by atoms with Gasteiger partial charge in [-0.3, -0.25) is 24.6 Å². The number of benzene rings is 1. The van der Waals surface area contributed by atoms with Crippen LogP contribution >= 0.6 is 0 Å². The Hall–Kier alpha value is -2.25. The van der Waals surface area contributed by atoms with Crippen LogP contribution in [0.3, 0.4) is 0 Å². The number of fused-ring (bicyclic) bond motifs is 2. The van der Waals surface area contributed by atoms with Crippen molar-refractivity contribution in [1.82, 2.24) is 20.4 Å². The van der Waals surface area contributed by atoms with Gasteiger partial charge in [-0.15, -0.1) is 0 Å². The fourth-order valence-corrected chi connectivity index (χ4v) is 4.40. The Bertz CT molecular complexity index is 783. The molecule has 3 saturated heterocycles. The molecular formula is C18H20N4O3. The fraction of sp³-hybridized carbons (Fsp3) is 0.500. The first kappa shape index (κ1) is 15.0. The second-order valence-electron chi connectivity index (χ2n) is 7.42. The van der Waals surface area contributed by atoms with E-state index in [9.17, 15) is 14.4 Å². The Morgan fingerprint density at radius 3 is 2.68 bits per heavy atom. The number of carbonyl (C=O) groups is 3. The summed E-state index contributed by atoms with van der Waals surface area (Å²) in [5.74, 6) is -0.695. The van der Waals surface area contributed by atoms with Crippen LogP contribution < -0.4 is 10.6 Å². The molecule has 7 nitrogen and oxygen atoms in total. The fourth-order valence-electron chi connectivity index (χ4n) is 4.40. The van der Waals surface area contributed by atoms with E-state index in [1.165, 1.54) is 0 Å². The van der Waals surface area contributed by atoms with Gasteiger partial charge in [0.1, 0.15) is 6.04 Å². The summed E-state index contributed by atoms with van der Waals surface area (Å²) in [6.07, 6.45) is 0.688. The molecule has 3 amide bonds. The van der Waals surface area contributed by atoms with E-state index in [0.29, 0.717) is 25.0 Å². The molecule has 1 aromatic rings. The van der Waals surface area contributed by atoms with E-state index < -0.39 is 6.04 Å². The third-order valence-corrected chi connectivity index (χ3v) is 5.75. The minimum atomic E-state index is -0.547. The lowest BCUT2D eigenvalue weighted by Crippen LogP contribution is -2.52. The number of amides is 3. The van der Waals surface area contributed by atoms with Gasteiger partial charge < -0.3 is 10.2 Å². The summed E-state index contributed by atoms with van der Waals surface area (Å²) < 4.78 is 0. The quantitative estimate of drug-likeness (QED) is 0.577. The Labute approximate surface area is 145 Å². The van der Waals surface area contributed by atoms with Crippen LogP contribution in [-0.2, 0) is 22.7 Å². The predicted octanol–water partition coefficient (Wildman–Crippen LogP) is -0.396. The van der Waals surface area contributed by atoms with Gasteiger partial charge in [-0.05, 0) is 17.5 Å². The monoisotopic (exact) mass is 340 g/mol. The van der Waals surface area contributed by atoms with E-state index in [-0.39, 0.29) is 24.1 Å². The summed E-state index contributed by atoms with van der Waals surface area (Å²) in [7, 11) is 0. The average Bonchev–Trinajstić information content (AvgIpc) is 3.04. The molecule has 130 valence electrons. The SMILES string of the molecule is O=C1CCC(N2Cc3cccc(CN4C[C@@H]5N[C@@H]5C4)c3C2=O)C(=O)N1. The third-order valence-electron chi connectivity index (χ3n) is 5.75. The predicted molar refractivity (Wildman–Crippen MR) is 88.5 cm³/mol. The molecular weight excluding hydrogens is 320 g/mol. The van der Waals surface area contributed by atoms with Crippen molar-refractivity contribution in [2.75, 3.05) is 13.1 Å². The molecule has 0 saturated carbocycles. The van der Waals surface area contributed by atoms with Crippen molar-refractivity contribution >= 4 is 17.7 Å². The molecule has 3 fully saturated rings. The molecule has 0 bridgehead atoms. The molecule has 2 N–H and O–H groups in total. The average molecular weight is 340 g/mol. The highest BCUT2D eigenvalue weighted by Crippen LogP contribution is 2.31. The van der Waals surface area contributed by atoms with E-state index in [4.69, 9.17) is 0 Å². The Morgan fingerprint density at radius 1 is 1.12 bits per heavy atom. The molecule has 25 heavy (non-hydrogen) atoms. The first-order chi connectivity index (χ1) is 12.1. The van der Waals surface area contributed by atoms with Crippen LogP contribution in [-0.4, -0.2) is 58.7 Å². The molecule has 0 spiro atoms. The largest absolute Gasteiger partial charge is 0.322 e. The van der Waals surface area contributed by atoms with Gasteiger partial charge >= 0.3 is 0 Å². The standard InChI is InChI=1S/C18H20N4O3/c23-15-5-4-14(17(24)20-15)22-7-11-3-1-2-10(16(11)18(22)25)6-21-8-12-13(9-21)19-12/h1-3,12-14,19H,4-9H2,(H,20,23,24)/t12-,13+,14?. The molecule has 0 radical (unpaired) electrons. The van der Waals surface area contributed by atoms with Crippen molar-refractivity contribution in [2.24, 2.45) is 0 Å². The van der Waals surface area contributed by atoms with Crippen molar-refractivity contribution in [1.29, 1.82) is 0 Å². The smallest absolute Gasteiger partial charge is 0.255 e. The number of hydrogen-bond donors (Lipinski definition) is 2. The van der Waals surface area contributed by atoms with Crippen molar-refractivity contribution < 1.29 is 14.4 Å². The number of piperidine rings is 1. The lowest BCUT2D eigenvalue weighted by atomic mass is 10.0. The Balaban J connectivity index is 1.38. The lowest BCUT2D eigenvalue weighted by molar-refractivity contribution is -0.136. The molecule has 3 atom stereocenters. The van der Waals surface area contributed by atoms with Crippen LogP contribution in [0.1, 0.15) is 34.3 Å². The summed E-state index contributed by atoms with van der Waals surface area (Å²) in [6, 6.07) is 6.66. The van der Waals surface area contributed by atoms with Crippen LogP contribution in [0.5, 0.6) is 0 Å². The van der Waals surface area contributed by atoms with E-state index in [0.717, 1.165) is 36.3 Å². The molecule has 4 heterocycles. The number of nitrogens with one attached hydrogen (secondary N) is 2. The van der Waals surface area contributed by atoms with E-state index in [2.05, 4.69) is 15.5 Å². The van der Waals surface area contributed by atoms with E-state index in [1.54, 1.807) is 4.90 Å². The van der Waals surface area contributed by atoms with Gasteiger partial charge in [0.05, 0.1) is 0 Å². The van der Waals surface area contributed by atoms with Gasteiger partial charge in [-0.25, -0.2) is 0 Å². The molecule has 4 aliphatic rings. The first-order valence-electron chi connectivity index (χ1n) is 8.84. The summed E-state index contributed by atoms with van der Waals surface area (Å²) in [6.45, 7) is 3.27. The van der Waals surface area contributed by atoms with Crippen molar-refractivity contribution in [3.63, 3.8) is 0 Å². The van der Waals surface area contributed by atoms with Crippen molar-refractivity contribution in [3.8, 4) is 0 Å². The van der Waals surface area contributed by atoms with Gasteiger partial charge in [0.2, 0.25) is 11.8 Å². The minimum absolute atomic E-state index is 0.0809. The van der Waals surface area contributed by atoms with Crippen LogP contribution in [0.15, 0.2) is 18.2 Å². The van der Waals surface area contributed by atoms with Gasteiger partial charge in [-0.1, -0.05) is 18.2 Å². The number of nitrogens with zero attached hydrogens (tertiary/aromatic N) is 2. The Morgan fingerprint density at radius 2 is 1.92 bits per heavy atom. The molecule has 1 aromatic carbocycles.